The summed E-state index contributed by atoms with van der Waals surface area (Å²) in [5, 5.41) is 20.4. The van der Waals surface area contributed by atoms with E-state index in [1.54, 1.807) is 6.08 Å². The molecule has 0 aromatic heterocycles. The van der Waals surface area contributed by atoms with Gasteiger partial charge in [0, 0.05) is 11.0 Å². The fraction of sp³-hybridized carbons (Fsp3) is 0.800. The van der Waals surface area contributed by atoms with Crippen molar-refractivity contribution in [3.05, 3.63) is 11.6 Å². The first-order chi connectivity index (χ1) is 8.22. The van der Waals surface area contributed by atoms with Crippen LogP contribution in [0.5, 0.6) is 0 Å². The van der Waals surface area contributed by atoms with E-state index in [1.165, 1.54) is 0 Å². The Balaban J connectivity index is 2.15. The molecular formula is C15H22O3. The number of rotatable bonds is 1. The van der Waals surface area contributed by atoms with Gasteiger partial charge in [-0.3, -0.25) is 0 Å². The summed E-state index contributed by atoms with van der Waals surface area (Å²) in [6.45, 7) is 6.56. The average Bonchev–Trinajstić information content (AvgIpc) is 2.70. The Kier molecular flexibility index (Phi) is 2.16. The fourth-order valence-electron chi connectivity index (χ4n) is 5.39. The summed E-state index contributed by atoms with van der Waals surface area (Å²) in [7, 11) is 0. The molecule has 1 spiro atoms. The van der Waals surface area contributed by atoms with Crippen molar-refractivity contribution in [2.75, 3.05) is 0 Å². The predicted octanol–water partition coefficient (Wildman–Crippen LogP) is 2.59. The molecule has 2 fully saturated rings. The summed E-state index contributed by atoms with van der Waals surface area (Å²) in [6, 6.07) is 0. The Morgan fingerprint density at radius 3 is 2.61 bits per heavy atom. The maximum absolute atomic E-state index is 11.4. The zero-order valence-corrected chi connectivity index (χ0v) is 11.4. The third-order valence-corrected chi connectivity index (χ3v) is 5.73. The van der Waals surface area contributed by atoms with Gasteiger partial charge in [-0.1, -0.05) is 20.8 Å². The number of carboxylic acid groups (broad SMARTS) is 1. The van der Waals surface area contributed by atoms with Crippen LogP contribution in [0, 0.1) is 22.7 Å². The quantitative estimate of drug-likeness (QED) is 0.752. The second-order valence-corrected chi connectivity index (χ2v) is 7.42. The Morgan fingerprint density at radius 2 is 2.00 bits per heavy atom. The molecule has 2 saturated carbocycles. The van der Waals surface area contributed by atoms with E-state index in [4.69, 9.17) is 0 Å². The van der Waals surface area contributed by atoms with E-state index in [9.17, 15) is 15.0 Å². The van der Waals surface area contributed by atoms with Gasteiger partial charge in [0.2, 0.25) is 0 Å². The van der Waals surface area contributed by atoms with Crippen LogP contribution in [0.4, 0.5) is 0 Å². The van der Waals surface area contributed by atoms with Gasteiger partial charge >= 0.3 is 5.97 Å². The molecule has 4 atom stereocenters. The molecule has 100 valence electrons. The van der Waals surface area contributed by atoms with Crippen LogP contribution in [-0.4, -0.2) is 21.8 Å². The van der Waals surface area contributed by atoms with Crippen molar-refractivity contribution in [1.82, 2.24) is 0 Å². The van der Waals surface area contributed by atoms with Crippen LogP contribution in [0.3, 0.4) is 0 Å². The van der Waals surface area contributed by atoms with Crippen molar-refractivity contribution < 1.29 is 15.0 Å². The first kappa shape index (κ1) is 12.2. The number of hydrogen-bond acceptors (Lipinski definition) is 2. The predicted molar refractivity (Wildman–Crippen MR) is 68.0 cm³/mol. The minimum absolute atomic E-state index is 0.0526. The summed E-state index contributed by atoms with van der Waals surface area (Å²) in [6.07, 6.45) is 5.27. The third-order valence-electron chi connectivity index (χ3n) is 5.73. The van der Waals surface area contributed by atoms with Crippen molar-refractivity contribution in [1.29, 1.82) is 0 Å². The van der Waals surface area contributed by atoms with Gasteiger partial charge < -0.3 is 10.2 Å². The standard InChI is InChI=1S/C15H22O3/c1-9-4-5-11-10(12(16)17)6-14(18)7-13(2,3)8-15(9,11)14/h6,9,11,18H,4-5,7-8H2,1-3H3,(H,16,17)/t9-,11-,14+,15-/m1/s1. The minimum Gasteiger partial charge on any atom is -0.478 e. The van der Waals surface area contributed by atoms with E-state index in [0.717, 1.165) is 19.3 Å². The molecule has 3 heteroatoms. The molecule has 0 saturated heterocycles. The maximum Gasteiger partial charge on any atom is 0.331 e. The normalized spacial score (nSPS) is 48.8. The molecule has 0 aliphatic heterocycles. The average molecular weight is 250 g/mol. The summed E-state index contributed by atoms with van der Waals surface area (Å²) < 4.78 is 0. The van der Waals surface area contributed by atoms with Gasteiger partial charge in [-0.25, -0.2) is 4.79 Å². The number of carbonyl (C=O) groups is 1. The molecule has 3 rings (SSSR count). The van der Waals surface area contributed by atoms with E-state index in [1.807, 2.05) is 0 Å². The van der Waals surface area contributed by atoms with E-state index in [0.29, 0.717) is 17.9 Å². The van der Waals surface area contributed by atoms with Crippen LogP contribution in [0.15, 0.2) is 11.6 Å². The van der Waals surface area contributed by atoms with Crippen molar-refractivity contribution in [2.45, 2.75) is 52.1 Å². The topological polar surface area (TPSA) is 57.5 Å². The maximum atomic E-state index is 11.4. The lowest BCUT2D eigenvalue weighted by Gasteiger charge is -2.40. The van der Waals surface area contributed by atoms with Gasteiger partial charge in [-0.15, -0.1) is 0 Å². The Labute approximate surface area is 108 Å². The number of carboxylic acids is 1. The van der Waals surface area contributed by atoms with E-state index < -0.39 is 11.6 Å². The van der Waals surface area contributed by atoms with Gasteiger partial charge in [-0.2, -0.15) is 0 Å². The molecule has 2 N–H and O–H groups in total. The molecule has 0 unspecified atom stereocenters. The number of aliphatic hydroxyl groups is 1. The van der Waals surface area contributed by atoms with Crippen LogP contribution in [0.25, 0.3) is 0 Å². The van der Waals surface area contributed by atoms with Crippen molar-refractivity contribution in [3.8, 4) is 0 Å². The second kappa shape index (κ2) is 3.19. The summed E-state index contributed by atoms with van der Waals surface area (Å²) in [4.78, 5) is 11.4. The summed E-state index contributed by atoms with van der Waals surface area (Å²) in [5.74, 6) is -0.381. The molecule has 18 heavy (non-hydrogen) atoms. The van der Waals surface area contributed by atoms with Crippen LogP contribution in [0.2, 0.25) is 0 Å². The van der Waals surface area contributed by atoms with Gasteiger partial charge in [0.15, 0.2) is 0 Å². The third kappa shape index (κ3) is 1.21. The number of aliphatic carboxylic acids is 1. The van der Waals surface area contributed by atoms with Crippen LogP contribution in [0.1, 0.15) is 46.5 Å². The van der Waals surface area contributed by atoms with Gasteiger partial charge in [0.1, 0.15) is 0 Å². The molecule has 0 amide bonds. The zero-order chi connectivity index (χ0) is 13.3. The Hall–Kier alpha value is -0.830. The van der Waals surface area contributed by atoms with Gasteiger partial charge in [-0.05, 0) is 49.0 Å². The molecule has 3 aliphatic carbocycles. The first-order valence-electron chi connectivity index (χ1n) is 6.90. The van der Waals surface area contributed by atoms with E-state index >= 15 is 0 Å². The highest BCUT2D eigenvalue weighted by atomic mass is 16.4. The van der Waals surface area contributed by atoms with Gasteiger partial charge in [0.25, 0.3) is 0 Å². The van der Waals surface area contributed by atoms with Crippen molar-refractivity contribution in [2.24, 2.45) is 22.7 Å². The monoisotopic (exact) mass is 250 g/mol. The summed E-state index contributed by atoms with van der Waals surface area (Å²) >= 11 is 0. The molecule has 3 aliphatic rings. The first-order valence-corrected chi connectivity index (χ1v) is 6.90. The lowest BCUT2D eigenvalue weighted by molar-refractivity contribution is -0.133. The Morgan fingerprint density at radius 1 is 1.33 bits per heavy atom. The largest absolute Gasteiger partial charge is 0.478 e. The second-order valence-electron chi connectivity index (χ2n) is 7.42. The molecule has 0 heterocycles. The zero-order valence-electron chi connectivity index (χ0n) is 11.4. The number of hydrogen-bond donors (Lipinski definition) is 2. The highest BCUT2D eigenvalue weighted by molar-refractivity contribution is 5.89. The van der Waals surface area contributed by atoms with Crippen molar-refractivity contribution >= 4 is 5.97 Å². The van der Waals surface area contributed by atoms with E-state index in [-0.39, 0.29) is 16.7 Å². The lowest BCUT2D eigenvalue weighted by atomic mass is 9.66. The van der Waals surface area contributed by atoms with Crippen LogP contribution >= 0.6 is 0 Å². The van der Waals surface area contributed by atoms with E-state index in [2.05, 4.69) is 20.8 Å². The molecular weight excluding hydrogens is 228 g/mol. The fourth-order valence-corrected chi connectivity index (χ4v) is 5.39. The van der Waals surface area contributed by atoms with Crippen molar-refractivity contribution in [3.63, 3.8) is 0 Å². The Bertz CT molecular complexity index is 451. The highest BCUT2D eigenvalue weighted by Crippen LogP contribution is 2.71. The molecule has 3 nitrogen and oxygen atoms in total. The van der Waals surface area contributed by atoms with Gasteiger partial charge in [0.05, 0.1) is 5.60 Å². The lowest BCUT2D eigenvalue weighted by Crippen LogP contribution is -2.44. The molecule has 0 aromatic rings. The smallest absolute Gasteiger partial charge is 0.331 e. The minimum atomic E-state index is -0.898. The van der Waals surface area contributed by atoms with Crippen LogP contribution in [-0.2, 0) is 4.79 Å². The summed E-state index contributed by atoms with van der Waals surface area (Å²) in [5.41, 5.74) is -0.543. The SMILES string of the molecule is C[C@@H]1CC[C@@H]2C(C(=O)O)=C[C@]3(O)CC(C)(C)C[C@@]123. The molecule has 0 aromatic carbocycles. The molecule has 0 bridgehead atoms. The molecule has 0 radical (unpaired) electrons. The highest BCUT2D eigenvalue weighted by Gasteiger charge is 2.70. The van der Waals surface area contributed by atoms with Crippen LogP contribution < -0.4 is 0 Å².